The van der Waals surface area contributed by atoms with Crippen molar-refractivity contribution in [3.05, 3.63) is 57.6 Å². The number of aryl methyl sites for hydroxylation is 3. The lowest BCUT2D eigenvalue weighted by molar-refractivity contribution is 0.485. The fraction of sp³-hybridized carbons (Fsp3) is 0.200. The zero-order chi connectivity index (χ0) is 14.9. The first-order chi connectivity index (χ1) is 9.29. The third kappa shape index (κ3) is 3.22. The Morgan fingerprint density at radius 1 is 0.950 bits per heavy atom. The molecule has 0 N–H and O–H groups in total. The molecule has 0 saturated carbocycles. The summed E-state index contributed by atoms with van der Waals surface area (Å²) in [5.41, 5.74) is 2.86. The fourth-order valence-electron chi connectivity index (χ4n) is 1.83. The van der Waals surface area contributed by atoms with Crippen LogP contribution in [0.1, 0.15) is 16.7 Å². The summed E-state index contributed by atoms with van der Waals surface area (Å²) in [6, 6.07) is 9.97. The Morgan fingerprint density at radius 3 is 1.95 bits per heavy atom. The summed E-state index contributed by atoms with van der Waals surface area (Å²) in [6.45, 7) is 5.68. The van der Waals surface area contributed by atoms with Gasteiger partial charge in [0.1, 0.15) is 10.6 Å². The van der Waals surface area contributed by atoms with E-state index in [-0.39, 0.29) is 4.90 Å². The van der Waals surface area contributed by atoms with Crippen LogP contribution in [0.3, 0.4) is 0 Å². The molecule has 0 aliphatic heterocycles. The largest absolute Gasteiger partial charge is 0.379 e. The molecule has 0 amide bonds. The SMILES string of the molecule is Cc1ccc(S(=O)(=O)Oc2cc(C)c(Br)c(C)c2)cc1. The van der Waals surface area contributed by atoms with Gasteiger partial charge in [0.15, 0.2) is 0 Å². The maximum Gasteiger partial charge on any atom is 0.339 e. The summed E-state index contributed by atoms with van der Waals surface area (Å²) >= 11 is 3.44. The molecule has 0 atom stereocenters. The maximum absolute atomic E-state index is 12.2. The van der Waals surface area contributed by atoms with Crippen LogP contribution in [0, 0.1) is 20.8 Å². The van der Waals surface area contributed by atoms with Crippen LogP contribution in [0.15, 0.2) is 45.8 Å². The third-order valence-electron chi connectivity index (χ3n) is 2.93. The van der Waals surface area contributed by atoms with Crippen molar-refractivity contribution in [2.45, 2.75) is 25.7 Å². The molecule has 0 radical (unpaired) electrons. The molecule has 2 aromatic rings. The molecule has 0 unspecified atom stereocenters. The molecule has 0 spiro atoms. The van der Waals surface area contributed by atoms with E-state index in [0.717, 1.165) is 21.2 Å². The van der Waals surface area contributed by atoms with Gasteiger partial charge in [-0.15, -0.1) is 0 Å². The molecule has 0 aliphatic rings. The van der Waals surface area contributed by atoms with Gasteiger partial charge in [-0.05, 0) is 56.2 Å². The summed E-state index contributed by atoms with van der Waals surface area (Å²) in [5, 5.41) is 0. The van der Waals surface area contributed by atoms with E-state index in [9.17, 15) is 8.42 Å². The number of hydrogen-bond donors (Lipinski definition) is 0. The standard InChI is InChI=1S/C15H15BrO3S/c1-10-4-6-14(7-5-10)20(17,18)19-13-8-11(2)15(16)12(3)9-13/h4-9H,1-3H3. The van der Waals surface area contributed by atoms with E-state index in [2.05, 4.69) is 15.9 Å². The second-order valence-corrected chi connectivity index (χ2v) is 7.06. The van der Waals surface area contributed by atoms with Crippen LogP contribution in [0.5, 0.6) is 5.75 Å². The first kappa shape index (κ1) is 15.1. The topological polar surface area (TPSA) is 43.4 Å². The Bertz CT molecular complexity index is 711. The van der Waals surface area contributed by atoms with Crippen molar-refractivity contribution in [2.24, 2.45) is 0 Å². The van der Waals surface area contributed by atoms with Crippen molar-refractivity contribution < 1.29 is 12.6 Å². The highest BCUT2D eigenvalue weighted by Gasteiger charge is 2.17. The Morgan fingerprint density at radius 2 is 1.45 bits per heavy atom. The summed E-state index contributed by atoms with van der Waals surface area (Å²) in [4.78, 5) is 0.154. The third-order valence-corrected chi connectivity index (χ3v) is 5.44. The van der Waals surface area contributed by atoms with E-state index in [4.69, 9.17) is 4.18 Å². The second kappa shape index (κ2) is 5.58. The van der Waals surface area contributed by atoms with Gasteiger partial charge in [0.2, 0.25) is 0 Å². The van der Waals surface area contributed by atoms with Crippen LogP contribution in [0.25, 0.3) is 0 Å². The minimum absolute atomic E-state index is 0.154. The number of benzene rings is 2. The van der Waals surface area contributed by atoms with E-state index in [0.29, 0.717) is 5.75 Å². The molecular weight excluding hydrogens is 340 g/mol. The monoisotopic (exact) mass is 354 g/mol. The van der Waals surface area contributed by atoms with Crippen LogP contribution in [0.2, 0.25) is 0 Å². The molecule has 0 aliphatic carbocycles. The van der Waals surface area contributed by atoms with Crippen LogP contribution < -0.4 is 4.18 Å². The van der Waals surface area contributed by atoms with Gasteiger partial charge in [-0.1, -0.05) is 33.6 Å². The highest BCUT2D eigenvalue weighted by Crippen LogP contribution is 2.28. The van der Waals surface area contributed by atoms with Crippen LogP contribution >= 0.6 is 15.9 Å². The van der Waals surface area contributed by atoms with Gasteiger partial charge in [0.05, 0.1) is 0 Å². The average molecular weight is 355 g/mol. The molecule has 20 heavy (non-hydrogen) atoms. The first-order valence-electron chi connectivity index (χ1n) is 6.07. The van der Waals surface area contributed by atoms with E-state index in [1.165, 1.54) is 0 Å². The fourth-order valence-corrected chi connectivity index (χ4v) is 2.98. The van der Waals surface area contributed by atoms with E-state index in [1.54, 1.807) is 36.4 Å². The van der Waals surface area contributed by atoms with Gasteiger partial charge < -0.3 is 4.18 Å². The molecule has 3 nitrogen and oxygen atoms in total. The van der Waals surface area contributed by atoms with Crippen molar-refractivity contribution in [1.82, 2.24) is 0 Å². The highest BCUT2D eigenvalue weighted by atomic mass is 79.9. The minimum atomic E-state index is -3.79. The summed E-state index contributed by atoms with van der Waals surface area (Å²) in [6.07, 6.45) is 0. The van der Waals surface area contributed by atoms with Crippen LogP contribution in [0.4, 0.5) is 0 Å². The van der Waals surface area contributed by atoms with Gasteiger partial charge >= 0.3 is 10.1 Å². The molecule has 0 aromatic heterocycles. The van der Waals surface area contributed by atoms with E-state index >= 15 is 0 Å². The summed E-state index contributed by atoms with van der Waals surface area (Å²) in [7, 11) is -3.79. The molecule has 0 fully saturated rings. The van der Waals surface area contributed by atoms with E-state index in [1.807, 2.05) is 20.8 Å². The number of hydrogen-bond acceptors (Lipinski definition) is 3. The van der Waals surface area contributed by atoms with Crippen LogP contribution in [-0.4, -0.2) is 8.42 Å². The van der Waals surface area contributed by atoms with Crippen molar-refractivity contribution in [2.75, 3.05) is 0 Å². The lowest BCUT2D eigenvalue weighted by atomic mass is 10.1. The first-order valence-corrected chi connectivity index (χ1v) is 8.27. The Labute approximate surface area is 127 Å². The van der Waals surface area contributed by atoms with Gasteiger partial charge in [0, 0.05) is 4.47 Å². The lowest BCUT2D eigenvalue weighted by Crippen LogP contribution is -2.10. The highest BCUT2D eigenvalue weighted by molar-refractivity contribution is 9.10. The Hall–Kier alpha value is -1.33. The normalized spacial score (nSPS) is 11.4. The van der Waals surface area contributed by atoms with Crippen molar-refractivity contribution in [3.63, 3.8) is 0 Å². The zero-order valence-electron chi connectivity index (χ0n) is 11.5. The smallest absolute Gasteiger partial charge is 0.339 e. The molecule has 106 valence electrons. The predicted molar refractivity (Wildman–Crippen MR) is 82.6 cm³/mol. The van der Waals surface area contributed by atoms with Crippen molar-refractivity contribution >= 4 is 26.0 Å². The molecule has 2 rings (SSSR count). The Kier molecular flexibility index (Phi) is 4.20. The number of rotatable bonds is 3. The Balaban J connectivity index is 2.36. The van der Waals surface area contributed by atoms with Crippen LogP contribution in [-0.2, 0) is 10.1 Å². The molecule has 0 saturated heterocycles. The summed E-state index contributed by atoms with van der Waals surface area (Å²) < 4.78 is 30.5. The zero-order valence-corrected chi connectivity index (χ0v) is 13.9. The van der Waals surface area contributed by atoms with Gasteiger partial charge in [-0.25, -0.2) is 0 Å². The van der Waals surface area contributed by atoms with Gasteiger partial charge in [0.25, 0.3) is 0 Å². The average Bonchev–Trinajstić information content (AvgIpc) is 2.36. The predicted octanol–water partition coefficient (Wildman–Crippen LogP) is 4.14. The molecular formula is C15H15BrO3S. The number of halogens is 1. The van der Waals surface area contributed by atoms with Gasteiger partial charge in [-0.3, -0.25) is 0 Å². The molecule has 2 aromatic carbocycles. The lowest BCUT2D eigenvalue weighted by Gasteiger charge is -2.10. The minimum Gasteiger partial charge on any atom is -0.379 e. The quantitative estimate of drug-likeness (QED) is 0.777. The molecule has 5 heteroatoms. The molecule has 0 heterocycles. The summed E-state index contributed by atoms with van der Waals surface area (Å²) in [5.74, 6) is 0.323. The molecule has 0 bridgehead atoms. The van der Waals surface area contributed by atoms with Crippen molar-refractivity contribution in [1.29, 1.82) is 0 Å². The van der Waals surface area contributed by atoms with Gasteiger partial charge in [-0.2, -0.15) is 8.42 Å². The second-order valence-electron chi connectivity index (χ2n) is 4.72. The van der Waals surface area contributed by atoms with E-state index < -0.39 is 10.1 Å². The van der Waals surface area contributed by atoms with Crippen molar-refractivity contribution in [3.8, 4) is 5.75 Å². The maximum atomic E-state index is 12.2.